The topological polar surface area (TPSA) is 74.7 Å². The van der Waals surface area contributed by atoms with Crippen LogP contribution in [-0.4, -0.2) is 40.3 Å². The van der Waals surface area contributed by atoms with Crippen molar-refractivity contribution in [3.8, 4) is 0 Å². The van der Waals surface area contributed by atoms with Gasteiger partial charge in [0.25, 0.3) is 5.91 Å². The molecule has 1 aromatic heterocycles. The van der Waals surface area contributed by atoms with Crippen molar-refractivity contribution < 1.29 is 19.5 Å². The summed E-state index contributed by atoms with van der Waals surface area (Å²) in [6.45, 7) is 1.90. The van der Waals surface area contributed by atoms with Crippen molar-refractivity contribution in [1.82, 2.24) is 4.90 Å². The van der Waals surface area contributed by atoms with Crippen molar-refractivity contribution in [1.29, 1.82) is 0 Å². The van der Waals surface area contributed by atoms with Gasteiger partial charge in [-0.1, -0.05) is 0 Å². The van der Waals surface area contributed by atoms with Crippen molar-refractivity contribution in [2.75, 3.05) is 6.54 Å². The van der Waals surface area contributed by atoms with Crippen LogP contribution < -0.4 is 0 Å². The van der Waals surface area contributed by atoms with Gasteiger partial charge in [-0.15, -0.1) is 11.3 Å². The molecule has 0 bridgehead atoms. The van der Waals surface area contributed by atoms with Crippen LogP contribution in [0.3, 0.4) is 0 Å². The summed E-state index contributed by atoms with van der Waals surface area (Å²) in [6.07, 6.45) is 1.19. The van der Waals surface area contributed by atoms with Gasteiger partial charge >= 0.3 is 5.97 Å². The van der Waals surface area contributed by atoms with Crippen LogP contribution in [0.15, 0.2) is 12.1 Å². The first-order valence-corrected chi connectivity index (χ1v) is 6.47. The second-order valence-corrected chi connectivity index (χ2v) is 5.30. The molecule has 1 aliphatic heterocycles. The number of aliphatic carboxylic acids is 1. The smallest absolute Gasteiger partial charge is 0.326 e. The molecule has 18 heavy (non-hydrogen) atoms. The Bertz CT molecular complexity index is 508. The molecule has 0 unspecified atom stereocenters. The van der Waals surface area contributed by atoms with E-state index in [-0.39, 0.29) is 11.7 Å². The van der Waals surface area contributed by atoms with Gasteiger partial charge in [-0.05, 0) is 31.9 Å². The fourth-order valence-corrected chi connectivity index (χ4v) is 2.91. The number of carboxylic acids is 1. The van der Waals surface area contributed by atoms with Crippen molar-refractivity contribution in [3.63, 3.8) is 0 Å². The molecule has 96 valence electrons. The minimum atomic E-state index is -0.968. The van der Waals surface area contributed by atoms with E-state index in [0.717, 1.165) is 11.3 Å². The average Bonchev–Trinajstić information content (AvgIpc) is 2.97. The van der Waals surface area contributed by atoms with Gasteiger partial charge in [0.2, 0.25) is 0 Å². The second-order valence-electron chi connectivity index (χ2n) is 4.21. The number of carbonyl (C=O) groups is 3. The second kappa shape index (κ2) is 4.89. The van der Waals surface area contributed by atoms with Crippen LogP contribution in [-0.2, 0) is 4.79 Å². The molecule has 2 rings (SSSR count). The third-order valence-corrected chi connectivity index (χ3v) is 4.14. The van der Waals surface area contributed by atoms with Crippen LogP contribution >= 0.6 is 11.3 Å². The molecule has 0 aromatic carbocycles. The number of thiophene rings is 1. The van der Waals surface area contributed by atoms with E-state index in [2.05, 4.69) is 0 Å². The Hall–Kier alpha value is -1.69. The van der Waals surface area contributed by atoms with E-state index in [4.69, 9.17) is 5.11 Å². The molecule has 1 atom stereocenters. The van der Waals surface area contributed by atoms with E-state index < -0.39 is 12.0 Å². The first kappa shape index (κ1) is 12.8. The number of hydrogen-bond acceptors (Lipinski definition) is 4. The number of nitrogens with zero attached hydrogens (tertiary/aromatic N) is 1. The predicted octanol–water partition coefficient (Wildman–Crippen LogP) is 1.64. The Balaban J connectivity index is 2.20. The quantitative estimate of drug-likeness (QED) is 0.845. The van der Waals surface area contributed by atoms with Gasteiger partial charge in [-0.3, -0.25) is 9.59 Å². The Labute approximate surface area is 108 Å². The van der Waals surface area contributed by atoms with Crippen LogP contribution in [0, 0.1) is 0 Å². The molecule has 0 aliphatic carbocycles. The van der Waals surface area contributed by atoms with Gasteiger partial charge < -0.3 is 10.0 Å². The molecule has 1 aromatic rings. The summed E-state index contributed by atoms with van der Waals surface area (Å²) in [7, 11) is 0. The molecule has 0 spiro atoms. The number of carbonyl (C=O) groups excluding carboxylic acids is 2. The Morgan fingerprint density at radius 1 is 1.33 bits per heavy atom. The van der Waals surface area contributed by atoms with Crippen molar-refractivity contribution >= 4 is 29.0 Å². The molecule has 0 saturated carbocycles. The van der Waals surface area contributed by atoms with E-state index in [1.807, 2.05) is 0 Å². The highest BCUT2D eigenvalue weighted by molar-refractivity contribution is 7.15. The number of likely N-dealkylation sites (tertiary alicyclic amines) is 1. The fraction of sp³-hybridized carbons (Fsp3) is 0.417. The molecule has 0 radical (unpaired) electrons. The normalized spacial score (nSPS) is 18.9. The molecule has 1 N–H and O–H groups in total. The standard InChI is InChI=1S/C12H13NO4S/c1-7(14)9-4-5-10(18-9)11(15)13-6-2-3-8(13)12(16)17/h4-5,8H,2-3,6H2,1H3,(H,16,17)/t8-/m1/s1. The molecule has 5 nitrogen and oxygen atoms in total. The van der Waals surface area contributed by atoms with Crippen LogP contribution in [0.2, 0.25) is 0 Å². The molecule has 1 fully saturated rings. The first-order valence-electron chi connectivity index (χ1n) is 5.65. The van der Waals surface area contributed by atoms with Gasteiger partial charge in [-0.25, -0.2) is 4.79 Å². The lowest BCUT2D eigenvalue weighted by Crippen LogP contribution is -2.40. The Kier molecular flexibility index (Phi) is 3.47. The van der Waals surface area contributed by atoms with Crippen molar-refractivity contribution in [3.05, 3.63) is 21.9 Å². The highest BCUT2D eigenvalue weighted by atomic mass is 32.1. The number of carboxylic acid groups (broad SMARTS) is 1. The zero-order valence-electron chi connectivity index (χ0n) is 9.88. The highest BCUT2D eigenvalue weighted by Crippen LogP contribution is 2.24. The van der Waals surface area contributed by atoms with E-state index in [9.17, 15) is 14.4 Å². The molecule has 1 aliphatic rings. The molecule has 1 amide bonds. The van der Waals surface area contributed by atoms with E-state index in [1.165, 1.54) is 11.8 Å². The number of hydrogen-bond donors (Lipinski definition) is 1. The molecular weight excluding hydrogens is 254 g/mol. The fourth-order valence-electron chi connectivity index (χ4n) is 2.05. The Morgan fingerprint density at radius 2 is 2.00 bits per heavy atom. The van der Waals surface area contributed by atoms with Crippen LogP contribution in [0.1, 0.15) is 39.1 Å². The number of amides is 1. The van der Waals surface area contributed by atoms with Crippen LogP contribution in [0.25, 0.3) is 0 Å². The lowest BCUT2D eigenvalue weighted by molar-refractivity contribution is -0.141. The maximum Gasteiger partial charge on any atom is 0.326 e. The van der Waals surface area contributed by atoms with Gasteiger partial charge in [0.05, 0.1) is 9.75 Å². The monoisotopic (exact) mass is 267 g/mol. The van der Waals surface area contributed by atoms with Crippen LogP contribution in [0.5, 0.6) is 0 Å². The summed E-state index contributed by atoms with van der Waals surface area (Å²) in [4.78, 5) is 36.7. The largest absolute Gasteiger partial charge is 0.480 e. The predicted molar refractivity (Wildman–Crippen MR) is 66.0 cm³/mol. The molecule has 1 saturated heterocycles. The molecule has 2 heterocycles. The average molecular weight is 267 g/mol. The van der Waals surface area contributed by atoms with Crippen molar-refractivity contribution in [2.24, 2.45) is 0 Å². The highest BCUT2D eigenvalue weighted by Gasteiger charge is 2.34. The van der Waals surface area contributed by atoms with Crippen molar-refractivity contribution in [2.45, 2.75) is 25.8 Å². The Morgan fingerprint density at radius 3 is 2.56 bits per heavy atom. The van der Waals surface area contributed by atoms with Gasteiger partial charge in [0.1, 0.15) is 6.04 Å². The summed E-state index contributed by atoms with van der Waals surface area (Å²) in [5.41, 5.74) is 0. The summed E-state index contributed by atoms with van der Waals surface area (Å²) in [6, 6.07) is 2.45. The third-order valence-electron chi connectivity index (χ3n) is 2.96. The van der Waals surface area contributed by atoms with Gasteiger partial charge in [0, 0.05) is 6.54 Å². The van der Waals surface area contributed by atoms with E-state index >= 15 is 0 Å². The number of ketones is 1. The summed E-state index contributed by atoms with van der Waals surface area (Å²) < 4.78 is 0. The lowest BCUT2D eigenvalue weighted by Gasteiger charge is -2.20. The molecular formula is C12H13NO4S. The number of rotatable bonds is 3. The number of Topliss-reactive ketones (excluding diaryl/α,β-unsaturated/α-hetero) is 1. The van der Waals surface area contributed by atoms with Crippen LogP contribution in [0.4, 0.5) is 0 Å². The zero-order valence-corrected chi connectivity index (χ0v) is 10.7. The maximum atomic E-state index is 12.2. The SMILES string of the molecule is CC(=O)c1ccc(C(=O)N2CCC[C@@H]2C(=O)O)s1. The zero-order chi connectivity index (χ0) is 13.3. The maximum absolute atomic E-state index is 12.2. The van der Waals surface area contributed by atoms with Gasteiger partial charge in [-0.2, -0.15) is 0 Å². The summed E-state index contributed by atoms with van der Waals surface area (Å²) >= 11 is 1.12. The van der Waals surface area contributed by atoms with E-state index in [0.29, 0.717) is 29.1 Å². The summed E-state index contributed by atoms with van der Waals surface area (Å²) in [5.74, 6) is -1.35. The minimum Gasteiger partial charge on any atom is -0.480 e. The third kappa shape index (κ3) is 2.28. The molecule has 6 heteroatoms. The van der Waals surface area contributed by atoms with Gasteiger partial charge in [0.15, 0.2) is 5.78 Å². The summed E-state index contributed by atoms with van der Waals surface area (Å²) in [5, 5.41) is 9.03. The lowest BCUT2D eigenvalue weighted by atomic mass is 10.2. The van der Waals surface area contributed by atoms with E-state index in [1.54, 1.807) is 12.1 Å². The minimum absolute atomic E-state index is 0.0877. The first-order chi connectivity index (χ1) is 8.50.